The first-order valence-corrected chi connectivity index (χ1v) is 18.0. The van der Waals surface area contributed by atoms with Crippen molar-refractivity contribution in [2.24, 2.45) is 0 Å². The highest BCUT2D eigenvalue weighted by Crippen LogP contribution is 2.43. The molecule has 0 amide bonds. The Morgan fingerprint density at radius 1 is 0.562 bits per heavy atom. The van der Waals surface area contributed by atoms with Crippen LogP contribution in [0.5, 0.6) is 0 Å². The van der Waals surface area contributed by atoms with Gasteiger partial charge in [-0.25, -0.2) is 4.85 Å². The summed E-state index contributed by atoms with van der Waals surface area (Å²) >= 11 is 0. The molecule has 0 bridgehead atoms. The van der Waals surface area contributed by atoms with E-state index in [9.17, 15) is 5.26 Å². The lowest BCUT2D eigenvalue weighted by Crippen LogP contribution is -2.72. The van der Waals surface area contributed by atoms with Gasteiger partial charge < -0.3 is 4.57 Å². The normalized spacial score (nSPS) is 12.7. The van der Waals surface area contributed by atoms with Crippen LogP contribution in [0.15, 0.2) is 164 Å². The smallest absolute Gasteiger partial charge is 0.196 e. The van der Waals surface area contributed by atoms with E-state index in [0.29, 0.717) is 16.8 Å². The van der Waals surface area contributed by atoms with Gasteiger partial charge in [0, 0.05) is 27.6 Å². The van der Waals surface area contributed by atoms with E-state index in [1.54, 1.807) is 18.2 Å². The molecule has 2 heterocycles. The number of fused-ring (bicyclic) bond motifs is 6. The summed E-state index contributed by atoms with van der Waals surface area (Å²) in [5, 5.41) is 17.8. The number of aromatic nitrogens is 1. The molecule has 0 N–H and O–H groups in total. The standard InChI is InChI=1S/C44H27N3Si/c1-46-38-22-12-14-30(29-45)43(38)36-21-13-24-40-44(36)35-20-8-10-23-39(35)47(40)31-26-27-42-37(28-31)34-19-9-11-25-41(34)48(42,32-15-4-2-5-16-32)33-17-6-3-7-18-33/h2-28H. The maximum Gasteiger partial charge on any atom is 0.196 e. The molecule has 7 aromatic carbocycles. The van der Waals surface area contributed by atoms with Crippen LogP contribution < -0.4 is 20.7 Å². The monoisotopic (exact) mass is 625 g/mol. The van der Waals surface area contributed by atoms with Crippen molar-refractivity contribution in [2.45, 2.75) is 0 Å². The molecule has 0 radical (unpaired) electrons. The summed E-state index contributed by atoms with van der Waals surface area (Å²) in [4.78, 5) is 3.83. The molecule has 0 aliphatic carbocycles. The van der Waals surface area contributed by atoms with Crippen molar-refractivity contribution in [3.05, 3.63) is 181 Å². The molecule has 4 heteroatoms. The van der Waals surface area contributed by atoms with Crippen molar-refractivity contribution in [3.63, 3.8) is 0 Å². The minimum Gasteiger partial charge on any atom is -0.309 e. The van der Waals surface area contributed by atoms with Gasteiger partial charge in [0.2, 0.25) is 0 Å². The first-order chi connectivity index (χ1) is 23.8. The maximum atomic E-state index is 10.1. The van der Waals surface area contributed by atoms with Crippen molar-refractivity contribution >= 4 is 56.3 Å². The highest BCUT2D eigenvalue weighted by atomic mass is 28.3. The van der Waals surface area contributed by atoms with Gasteiger partial charge in [-0.3, -0.25) is 0 Å². The molecule has 0 fully saturated rings. The van der Waals surface area contributed by atoms with Crippen molar-refractivity contribution < 1.29 is 0 Å². The Kier molecular flexibility index (Phi) is 6.27. The highest BCUT2D eigenvalue weighted by molar-refractivity contribution is 7.22. The number of nitriles is 1. The van der Waals surface area contributed by atoms with Crippen LogP contribution in [0.4, 0.5) is 5.69 Å². The lowest BCUT2D eigenvalue weighted by atomic mass is 9.94. The van der Waals surface area contributed by atoms with Crippen LogP contribution in [0, 0.1) is 17.9 Å². The molecule has 0 spiro atoms. The summed E-state index contributed by atoms with van der Waals surface area (Å²) in [5.74, 6) is 0. The summed E-state index contributed by atoms with van der Waals surface area (Å²) < 4.78 is 2.34. The van der Waals surface area contributed by atoms with Crippen LogP contribution >= 0.6 is 0 Å². The third kappa shape index (κ3) is 3.79. The van der Waals surface area contributed by atoms with E-state index in [1.807, 2.05) is 12.1 Å². The van der Waals surface area contributed by atoms with Gasteiger partial charge in [0.15, 0.2) is 13.8 Å². The Morgan fingerprint density at radius 3 is 1.94 bits per heavy atom. The second-order valence-corrected chi connectivity index (χ2v) is 16.0. The van der Waals surface area contributed by atoms with Crippen LogP contribution in [0.3, 0.4) is 0 Å². The van der Waals surface area contributed by atoms with Crippen LogP contribution in [-0.4, -0.2) is 12.6 Å². The molecular formula is C44H27N3Si. The van der Waals surface area contributed by atoms with E-state index in [2.05, 4.69) is 149 Å². The SMILES string of the molecule is [C-]#[N+]c1cccc(C#N)c1-c1cccc2c1c1ccccc1n2-c1ccc2c(c1)-c1ccccc1[Si]2(c1ccccc1)c1ccccc1. The Labute approximate surface area is 280 Å². The van der Waals surface area contributed by atoms with E-state index >= 15 is 0 Å². The number of hydrogen-bond donors (Lipinski definition) is 0. The molecule has 0 atom stereocenters. The van der Waals surface area contributed by atoms with E-state index in [-0.39, 0.29) is 0 Å². The average Bonchev–Trinajstić information content (AvgIpc) is 3.66. The van der Waals surface area contributed by atoms with Crippen LogP contribution in [0.2, 0.25) is 0 Å². The van der Waals surface area contributed by atoms with E-state index in [1.165, 1.54) is 31.9 Å². The summed E-state index contributed by atoms with van der Waals surface area (Å²) in [6.45, 7) is 7.92. The molecule has 1 aromatic heterocycles. The fraction of sp³-hybridized carbons (Fsp3) is 0. The third-order valence-corrected chi connectivity index (χ3v) is 14.8. The molecule has 9 rings (SSSR count). The zero-order chi connectivity index (χ0) is 32.2. The fourth-order valence-corrected chi connectivity index (χ4v) is 13.3. The molecule has 1 aliphatic heterocycles. The van der Waals surface area contributed by atoms with E-state index in [4.69, 9.17) is 6.57 Å². The number of para-hydroxylation sites is 1. The molecule has 1 aliphatic rings. The minimum atomic E-state index is -2.58. The Morgan fingerprint density at radius 2 is 1.19 bits per heavy atom. The lowest BCUT2D eigenvalue weighted by Gasteiger charge is -2.31. The number of hydrogen-bond acceptors (Lipinski definition) is 1. The van der Waals surface area contributed by atoms with Crippen LogP contribution in [0.1, 0.15) is 5.56 Å². The third-order valence-electron chi connectivity index (χ3n) is 9.95. The summed E-state index contributed by atoms with van der Waals surface area (Å²) in [5.41, 5.74) is 8.34. The largest absolute Gasteiger partial charge is 0.309 e. The summed E-state index contributed by atoms with van der Waals surface area (Å²) in [7, 11) is -2.58. The Bertz CT molecular complexity index is 2570. The summed E-state index contributed by atoms with van der Waals surface area (Å²) in [6, 6.07) is 60.6. The Hall–Kier alpha value is -6.46. The molecule has 3 nitrogen and oxygen atoms in total. The van der Waals surface area contributed by atoms with Crippen LogP contribution in [0.25, 0.3) is 54.6 Å². The van der Waals surface area contributed by atoms with Gasteiger partial charge in [-0.15, -0.1) is 0 Å². The van der Waals surface area contributed by atoms with Crippen molar-refractivity contribution in [3.8, 4) is 34.0 Å². The first-order valence-electron chi connectivity index (χ1n) is 16.0. The molecule has 0 saturated heterocycles. The van der Waals surface area contributed by atoms with Gasteiger partial charge in [-0.1, -0.05) is 133 Å². The van der Waals surface area contributed by atoms with Gasteiger partial charge in [0.1, 0.15) is 0 Å². The average molecular weight is 626 g/mol. The first kappa shape index (κ1) is 27.8. The molecular weight excluding hydrogens is 599 g/mol. The molecule has 8 aromatic rings. The predicted molar refractivity (Wildman–Crippen MR) is 200 cm³/mol. The molecule has 0 saturated carbocycles. The van der Waals surface area contributed by atoms with E-state index in [0.717, 1.165) is 33.1 Å². The molecule has 48 heavy (non-hydrogen) atoms. The van der Waals surface area contributed by atoms with Gasteiger partial charge in [0.25, 0.3) is 0 Å². The minimum absolute atomic E-state index is 0.482. The fourth-order valence-electron chi connectivity index (χ4n) is 8.09. The lowest BCUT2D eigenvalue weighted by molar-refractivity contribution is 1.18. The number of benzene rings is 7. The van der Waals surface area contributed by atoms with Crippen molar-refractivity contribution in [1.82, 2.24) is 4.57 Å². The predicted octanol–water partition coefficient (Wildman–Crippen LogP) is 8.23. The van der Waals surface area contributed by atoms with Gasteiger partial charge in [-0.2, -0.15) is 5.26 Å². The van der Waals surface area contributed by atoms with E-state index < -0.39 is 8.07 Å². The van der Waals surface area contributed by atoms with Crippen LogP contribution in [-0.2, 0) is 0 Å². The second-order valence-electron chi connectivity index (χ2n) is 12.2. The van der Waals surface area contributed by atoms with Gasteiger partial charge in [0.05, 0.1) is 23.7 Å². The van der Waals surface area contributed by atoms with Crippen molar-refractivity contribution in [2.75, 3.05) is 0 Å². The van der Waals surface area contributed by atoms with Crippen molar-refractivity contribution in [1.29, 1.82) is 5.26 Å². The van der Waals surface area contributed by atoms with Gasteiger partial charge >= 0.3 is 0 Å². The highest BCUT2D eigenvalue weighted by Gasteiger charge is 2.48. The maximum absolute atomic E-state index is 10.1. The molecule has 222 valence electrons. The topological polar surface area (TPSA) is 33.1 Å². The summed E-state index contributed by atoms with van der Waals surface area (Å²) in [6.07, 6.45) is 0. The Balaban J connectivity index is 1.36. The molecule has 0 unspecified atom stereocenters. The zero-order valence-corrected chi connectivity index (χ0v) is 26.9. The van der Waals surface area contributed by atoms with Gasteiger partial charge in [-0.05, 0) is 67.8 Å². The zero-order valence-electron chi connectivity index (χ0n) is 25.9. The number of rotatable bonds is 4. The second kappa shape index (κ2) is 10.8. The quantitative estimate of drug-likeness (QED) is 0.143. The number of nitrogens with zero attached hydrogens (tertiary/aromatic N) is 3.